The zero-order valence-corrected chi connectivity index (χ0v) is 18.4. The maximum atomic E-state index is 12.9. The van der Waals surface area contributed by atoms with Crippen molar-refractivity contribution in [2.24, 2.45) is 0 Å². The Morgan fingerprint density at radius 1 is 1.22 bits per heavy atom. The van der Waals surface area contributed by atoms with Gasteiger partial charge in [0.25, 0.3) is 11.8 Å². The second-order valence-electron chi connectivity index (χ2n) is 7.94. The van der Waals surface area contributed by atoms with Gasteiger partial charge in [0, 0.05) is 42.3 Å². The molecule has 2 heterocycles. The third-order valence-electron chi connectivity index (χ3n) is 5.51. The molecule has 1 aliphatic heterocycles. The average molecular weight is 457 g/mol. The van der Waals surface area contributed by atoms with E-state index < -0.39 is 12.0 Å². The first-order chi connectivity index (χ1) is 15.1. The van der Waals surface area contributed by atoms with Crippen molar-refractivity contribution in [1.29, 1.82) is 10.8 Å². The van der Waals surface area contributed by atoms with E-state index in [1.807, 2.05) is 6.92 Å². The second kappa shape index (κ2) is 8.42. The van der Waals surface area contributed by atoms with Crippen LogP contribution in [-0.4, -0.2) is 38.6 Å². The van der Waals surface area contributed by atoms with Gasteiger partial charge in [0.05, 0.1) is 10.6 Å². The van der Waals surface area contributed by atoms with Gasteiger partial charge in [-0.25, -0.2) is 18.7 Å². The Kier molecular flexibility index (Phi) is 5.81. The number of nitrogens with zero attached hydrogens (tertiary/aromatic N) is 2. The summed E-state index contributed by atoms with van der Waals surface area (Å²) in [6, 6.07) is 6.43. The van der Waals surface area contributed by atoms with Crippen LogP contribution in [0.4, 0.5) is 14.6 Å². The van der Waals surface area contributed by atoms with Crippen LogP contribution in [0.3, 0.4) is 0 Å². The molecule has 32 heavy (non-hydrogen) atoms. The molecule has 0 saturated heterocycles. The van der Waals surface area contributed by atoms with Crippen molar-refractivity contribution in [2.75, 3.05) is 5.32 Å². The second-order valence-corrected chi connectivity index (χ2v) is 8.96. The topological polar surface area (TPSA) is 115 Å². The van der Waals surface area contributed by atoms with Gasteiger partial charge < -0.3 is 16.0 Å². The maximum Gasteiger partial charge on any atom is 0.252 e. The van der Waals surface area contributed by atoms with Crippen LogP contribution in [-0.2, 0) is 6.54 Å². The molecular weight excluding hydrogens is 434 g/mol. The van der Waals surface area contributed by atoms with Crippen molar-refractivity contribution in [3.05, 3.63) is 53.0 Å². The predicted molar refractivity (Wildman–Crippen MR) is 121 cm³/mol. The molecule has 0 atom stereocenters. The van der Waals surface area contributed by atoms with Gasteiger partial charge >= 0.3 is 0 Å². The molecule has 4 rings (SSSR count). The smallest absolute Gasteiger partial charge is 0.252 e. The fraction of sp³-hybridized carbons (Fsp3) is 0.318. The number of hydrogen-bond donors (Lipinski definition) is 4. The molecule has 0 unspecified atom stereocenters. The van der Waals surface area contributed by atoms with Crippen LogP contribution in [0, 0.1) is 10.8 Å². The zero-order valence-electron chi connectivity index (χ0n) is 17.6. The van der Waals surface area contributed by atoms with Gasteiger partial charge in [-0.15, -0.1) is 0 Å². The van der Waals surface area contributed by atoms with Gasteiger partial charge in [-0.1, -0.05) is 23.9 Å². The normalized spacial score (nSPS) is 18.6. The highest BCUT2D eigenvalue weighted by molar-refractivity contribution is 8.15. The first-order valence-corrected chi connectivity index (χ1v) is 10.9. The number of nitrogens with one attached hydrogen (secondary N) is 4. The molecule has 2 aliphatic rings. The Balaban J connectivity index is 1.42. The fourth-order valence-electron chi connectivity index (χ4n) is 3.56. The standard InChI is InChI=1S/C22H22F2N6OS/c1-11(12(2)25)16-17-18(32-19(16)26)20(29-10-28-17)27-9-13-3-5-14(6-4-13)21(31)30-15-7-22(23,24)8-15/h3-6,10,15,25-26H,7-9H2,1-2H3,(H,30,31)(H,27,28,29)/b16-11-,25-12?,26-19?. The van der Waals surface area contributed by atoms with Crippen LogP contribution < -0.4 is 10.6 Å². The van der Waals surface area contributed by atoms with Crippen LogP contribution in [0.1, 0.15) is 48.3 Å². The van der Waals surface area contributed by atoms with Gasteiger partial charge in [0.1, 0.15) is 17.2 Å². The highest BCUT2D eigenvalue weighted by atomic mass is 32.2. The van der Waals surface area contributed by atoms with E-state index in [1.165, 1.54) is 18.1 Å². The SMILES string of the molecule is CC(=N)/C(C)=C1\C(=N)Sc2c(NCc3ccc(C(=O)NC4CC(F)(F)C4)cc3)ncnc21. The molecule has 1 saturated carbocycles. The lowest BCUT2D eigenvalue weighted by molar-refractivity contribution is -0.0901. The summed E-state index contributed by atoms with van der Waals surface area (Å²) in [6.07, 6.45) is 0.814. The minimum Gasteiger partial charge on any atom is -0.365 e. The Labute approximate surface area is 188 Å². The number of halogens is 2. The molecule has 1 aliphatic carbocycles. The van der Waals surface area contributed by atoms with Crippen LogP contribution in [0.5, 0.6) is 0 Å². The van der Waals surface area contributed by atoms with E-state index in [1.54, 1.807) is 31.2 Å². The first-order valence-electron chi connectivity index (χ1n) is 10.0. The summed E-state index contributed by atoms with van der Waals surface area (Å²) in [4.78, 5) is 21.6. The summed E-state index contributed by atoms with van der Waals surface area (Å²) < 4.78 is 25.9. The summed E-state index contributed by atoms with van der Waals surface area (Å²) >= 11 is 1.26. The molecule has 10 heteroatoms. The number of anilines is 1. The Morgan fingerprint density at radius 3 is 2.53 bits per heavy atom. The van der Waals surface area contributed by atoms with E-state index in [0.717, 1.165) is 10.5 Å². The van der Waals surface area contributed by atoms with Crippen LogP contribution in [0.15, 0.2) is 41.1 Å². The van der Waals surface area contributed by atoms with E-state index in [0.29, 0.717) is 45.5 Å². The monoisotopic (exact) mass is 456 g/mol. The zero-order chi connectivity index (χ0) is 23.0. The highest BCUT2D eigenvalue weighted by Gasteiger charge is 2.45. The number of rotatable bonds is 6. The Bertz CT molecular complexity index is 1140. The first kappa shape index (κ1) is 22.1. The lowest BCUT2D eigenvalue weighted by Gasteiger charge is -2.35. The third-order valence-corrected chi connectivity index (χ3v) is 6.51. The molecule has 1 fully saturated rings. The van der Waals surface area contributed by atoms with Crippen molar-refractivity contribution in [3.63, 3.8) is 0 Å². The third kappa shape index (κ3) is 4.40. The summed E-state index contributed by atoms with van der Waals surface area (Å²) in [5.74, 6) is -2.42. The molecule has 0 spiro atoms. The minimum absolute atomic E-state index is 0.310. The van der Waals surface area contributed by atoms with Gasteiger partial charge in [-0.05, 0) is 37.1 Å². The van der Waals surface area contributed by atoms with Crippen LogP contribution >= 0.6 is 11.8 Å². The van der Waals surface area contributed by atoms with E-state index >= 15 is 0 Å². The molecule has 7 nitrogen and oxygen atoms in total. The molecule has 1 aromatic heterocycles. The number of amides is 1. The van der Waals surface area contributed by atoms with E-state index in [2.05, 4.69) is 20.6 Å². The molecule has 1 aromatic carbocycles. The molecule has 4 N–H and O–H groups in total. The number of allylic oxidation sites excluding steroid dienone is 1. The molecule has 166 valence electrons. The summed E-state index contributed by atoms with van der Waals surface area (Å²) in [5.41, 5.74) is 3.73. The van der Waals surface area contributed by atoms with Gasteiger partial charge in [0.2, 0.25) is 0 Å². The largest absolute Gasteiger partial charge is 0.365 e. The number of thioether (sulfide) groups is 1. The number of carbonyl (C=O) groups is 1. The van der Waals surface area contributed by atoms with Crippen LogP contribution in [0.25, 0.3) is 5.57 Å². The minimum atomic E-state index is -2.67. The molecular formula is C22H22F2N6OS. The van der Waals surface area contributed by atoms with Crippen molar-refractivity contribution >= 4 is 39.8 Å². The van der Waals surface area contributed by atoms with Gasteiger partial charge in [0.15, 0.2) is 0 Å². The van der Waals surface area contributed by atoms with Gasteiger partial charge in [-0.2, -0.15) is 0 Å². The molecule has 1 amide bonds. The Hall–Kier alpha value is -3.14. The quantitative estimate of drug-likeness (QED) is 0.478. The molecule has 2 aromatic rings. The highest BCUT2D eigenvalue weighted by Crippen LogP contribution is 2.44. The lowest BCUT2D eigenvalue weighted by Crippen LogP contribution is -2.50. The number of carbonyl (C=O) groups excluding carboxylic acids is 1. The summed E-state index contributed by atoms with van der Waals surface area (Å²) in [7, 11) is 0. The number of aromatic nitrogens is 2. The number of benzene rings is 1. The summed E-state index contributed by atoms with van der Waals surface area (Å²) in [6.45, 7) is 3.94. The summed E-state index contributed by atoms with van der Waals surface area (Å²) in [5, 5.41) is 22.4. The predicted octanol–water partition coefficient (Wildman–Crippen LogP) is 4.51. The fourth-order valence-corrected chi connectivity index (χ4v) is 4.59. The number of alkyl halides is 2. The molecule has 0 bridgehead atoms. The van der Waals surface area contributed by atoms with Crippen molar-refractivity contribution < 1.29 is 13.6 Å². The van der Waals surface area contributed by atoms with Crippen molar-refractivity contribution in [2.45, 2.75) is 50.1 Å². The van der Waals surface area contributed by atoms with Crippen molar-refractivity contribution in [3.8, 4) is 0 Å². The van der Waals surface area contributed by atoms with E-state index in [-0.39, 0.29) is 18.7 Å². The maximum absolute atomic E-state index is 12.9. The van der Waals surface area contributed by atoms with Crippen LogP contribution in [0.2, 0.25) is 0 Å². The van der Waals surface area contributed by atoms with Gasteiger partial charge in [-0.3, -0.25) is 10.2 Å². The van der Waals surface area contributed by atoms with Crippen molar-refractivity contribution in [1.82, 2.24) is 15.3 Å². The average Bonchev–Trinajstić information content (AvgIpc) is 3.06. The Morgan fingerprint density at radius 2 is 1.91 bits per heavy atom. The lowest BCUT2D eigenvalue weighted by atomic mass is 9.88. The van der Waals surface area contributed by atoms with E-state index in [9.17, 15) is 13.6 Å². The molecule has 0 radical (unpaired) electrons. The number of hydrogen-bond acceptors (Lipinski definition) is 7. The van der Waals surface area contributed by atoms with E-state index in [4.69, 9.17) is 10.8 Å². The number of fused-ring (bicyclic) bond motifs is 1.